The third-order valence-corrected chi connectivity index (χ3v) is 6.82. The zero-order chi connectivity index (χ0) is 22.6. The molecule has 0 saturated carbocycles. The zero-order valence-corrected chi connectivity index (χ0v) is 18.9. The maximum Gasteiger partial charge on any atom is 0.248 e. The molecule has 0 spiro atoms. The number of rotatable bonds is 9. The van der Waals surface area contributed by atoms with Crippen LogP contribution in [0.4, 0.5) is 8.78 Å². The molecule has 8 atom stereocenters. The second-order valence-corrected chi connectivity index (χ2v) is 9.76. The van der Waals surface area contributed by atoms with Crippen molar-refractivity contribution in [3.8, 4) is 0 Å². The lowest BCUT2D eigenvalue weighted by molar-refractivity contribution is -0.208. The van der Waals surface area contributed by atoms with Gasteiger partial charge >= 0.3 is 0 Å². The molecule has 2 aliphatic rings. The van der Waals surface area contributed by atoms with Gasteiger partial charge in [0.05, 0.1) is 12.1 Å². The Labute approximate surface area is 181 Å². The number of amides is 1. The van der Waals surface area contributed by atoms with Gasteiger partial charge in [-0.2, -0.15) is 0 Å². The Bertz CT molecular complexity index is 569. The van der Waals surface area contributed by atoms with Crippen molar-refractivity contribution in [1.82, 2.24) is 10.6 Å². The van der Waals surface area contributed by atoms with Crippen molar-refractivity contribution >= 4 is 17.7 Å². The second kappa shape index (κ2) is 10.9. The molecule has 1 amide bonds. The van der Waals surface area contributed by atoms with Gasteiger partial charge in [-0.15, -0.1) is 11.8 Å². The SMILES string of the molecule is CCCC(F)(F)CC1CNC(C(=O)NC(C(C)C)C2OC(SC)C(O)C(O)C2O)C1. The largest absolute Gasteiger partial charge is 0.388 e. The van der Waals surface area contributed by atoms with E-state index in [2.05, 4.69) is 10.6 Å². The average Bonchev–Trinajstić information content (AvgIpc) is 3.12. The minimum Gasteiger partial charge on any atom is -0.388 e. The van der Waals surface area contributed by atoms with E-state index in [4.69, 9.17) is 4.74 Å². The summed E-state index contributed by atoms with van der Waals surface area (Å²) in [6, 6.07) is -1.21. The molecule has 0 aromatic rings. The van der Waals surface area contributed by atoms with E-state index in [1.165, 1.54) is 11.8 Å². The van der Waals surface area contributed by atoms with Gasteiger partial charge in [-0.3, -0.25) is 4.79 Å². The van der Waals surface area contributed by atoms with E-state index in [0.29, 0.717) is 19.4 Å². The first-order valence-electron chi connectivity index (χ1n) is 10.6. The lowest BCUT2D eigenvalue weighted by Crippen LogP contribution is -2.64. The lowest BCUT2D eigenvalue weighted by atomic mass is 9.88. The Morgan fingerprint density at radius 3 is 2.50 bits per heavy atom. The van der Waals surface area contributed by atoms with Crippen LogP contribution in [-0.2, 0) is 9.53 Å². The monoisotopic (exact) mass is 454 g/mol. The topological polar surface area (TPSA) is 111 Å². The van der Waals surface area contributed by atoms with Crippen LogP contribution < -0.4 is 10.6 Å². The van der Waals surface area contributed by atoms with Crippen molar-refractivity contribution in [2.75, 3.05) is 12.8 Å². The van der Waals surface area contributed by atoms with Gasteiger partial charge in [-0.05, 0) is 31.1 Å². The number of hydrogen-bond donors (Lipinski definition) is 5. The predicted molar refractivity (Wildman–Crippen MR) is 111 cm³/mol. The Morgan fingerprint density at radius 1 is 1.27 bits per heavy atom. The van der Waals surface area contributed by atoms with Crippen LogP contribution in [0.25, 0.3) is 0 Å². The molecule has 0 radical (unpaired) electrons. The Kier molecular flexibility index (Phi) is 9.33. The number of aliphatic hydroxyl groups excluding tert-OH is 3. The van der Waals surface area contributed by atoms with E-state index in [9.17, 15) is 28.9 Å². The lowest BCUT2D eigenvalue weighted by Gasteiger charge is -2.44. The van der Waals surface area contributed by atoms with Gasteiger partial charge in [0.25, 0.3) is 0 Å². The summed E-state index contributed by atoms with van der Waals surface area (Å²) in [5.41, 5.74) is -0.735. The molecule has 7 nitrogen and oxygen atoms in total. The number of alkyl halides is 2. The maximum absolute atomic E-state index is 13.9. The highest BCUT2D eigenvalue weighted by Crippen LogP contribution is 2.33. The summed E-state index contributed by atoms with van der Waals surface area (Å²) in [5, 5.41) is 36.6. The molecule has 5 N–H and O–H groups in total. The molecule has 2 aliphatic heterocycles. The molecule has 2 saturated heterocycles. The van der Waals surface area contributed by atoms with Gasteiger partial charge in [0, 0.05) is 12.8 Å². The number of ether oxygens (including phenoxy) is 1. The quantitative estimate of drug-likeness (QED) is 0.355. The van der Waals surface area contributed by atoms with Crippen LogP contribution in [-0.4, -0.2) is 81.9 Å². The van der Waals surface area contributed by atoms with E-state index in [1.54, 1.807) is 13.2 Å². The number of nitrogens with one attached hydrogen (secondary N) is 2. The smallest absolute Gasteiger partial charge is 0.248 e. The fourth-order valence-electron chi connectivity index (χ4n) is 4.31. The van der Waals surface area contributed by atoms with Gasteiger partial charge in [0.15, 0.2) is 0 Å². The molecule has 30 heavy (non-hydrogen) atoms. The van der Waals surface area contributed by atoms with Crippen molar-refractivity contribution in [1.29, 1.82) is 0 Å². The summed E-state index contributed by atoms with van der Waals surface area (Å²) in [7, 11) is 0. The minimum absolute atomic E-state index is 0.135. The van der Waals surface area contributed by atoms with Gasteiger partial charge < -0.3 is 30.7 Å². The summed E-state index contributed by atoms with van der Waals surface area (Å²) >= 11 is 1.21. The molecule has 2 rings (SSSR count). The normalized spacial score (nSPS) is 36.1. The highest BCUT2D eigenvalue weighted by Gasteiger charge is 2.48. The highest BCUT2D eigenvalue weighted by molar-refractivity contribution is 7.99. The first-order valence-corrected chi connectivity index (χ1v) is 11.9. The summed E-state index contributed by atoms with van der Waals surface area (Å²) in [6.45, 7) is 5.78. The molecule has 8 unspecified atom stereocenters. The molecule has 176 valence electrons. The van der Waals surface area contributed by atoms with E-state index >= 15 is 0 Å². The predicted octanol–water partition coefficient (Wildman–Crippen LogP) is 1.10. The van der Waals surface area contributed by atoms with Gasteiger partial charge in [-0.1, -0.05) is 27.2 Å². The van der Waals surface area contributed by atoms with Crippen LogP contribution >= 0.6 is 11.8 Å². The molecule has 2 heterocycles. The third-order valence-electron chi connectivity index (χ3n) is 5.96. The van der Waals surface area contributed by atoms with Crippen molar-refractivity contribution in [2.45, 2.75) is 94.3 Å². The number of hydrogen-bond acceptors (Lipinski definition) is 7. The van der Waals surface area contributed by atoms with E-state index in [1.807, 2.05) is 13.8 Å². The van der Waals surface area contributed by atoms with Crippen LogP contribution in [0.1, 0.15) is 46.5 Å². The van der Waals surface area contributed by atoms with E-state index in [0.717, 1.165) is 0 Å². The summed E-state index contributed by atoms with van der Waals surface area (Å²) in [6.07, 6.45) is -2.86. The van der Waals surface area contributed by atoms with E-state index < -0.39 is 47.9 Å². The molecule has 10 heteroatoms. The zero-order valence-electron chi connectivity index (χ0n) is 18.1. The van der Waals surface area contributed by atoms with Crippen LogP contribution in [0.3, 0.4) is 0 Å². The third kappa shape index (κ3) is 6.26. The van der Waals surface area contributed by atoms with Crippen LogP contribution in [0, 0.1) is 11.8 Å². The first kappa shape index (κ1) is 25.7. The van der Waals surface area contributed by atoms with Crippen LogP contribution in [0.5, 0.6) is 0 Å². The Hall–Kier alpha value is -0.520. The van der Waals surface area contributed by atoms with E-state index in [-0.39, 0.29) is 30.6 Å². The van der Waals surface area contributed by atoms with Crippen LogP contribution in [0.15, 0.2) is 0 Å². The molecular weight excluding hydrogens is 418 g/mol. The molecule has 0 aromatic carbocycles. The number of aliphatic hydroxyl groups is 3. The standard InChI is InChI=1S/C20H36F2N2O5S/c1-5-6-20(21,22)8-11-7-12(23-9-11)18(28)24-13(10(2)3)17-15(26)14(25)16(27)19(29-17)30-4/h10-17,19,23,25-27H,5-9H2,1-4H3,(H,24,28). The molecule has 0 aliphatic carbocycles. The number of carbonyl (C=O) groups is 1. The fraction of sp³-hybridized carbons (Fsp3) is 0.950. The molecule has 0 aromatic heterocycles. The average molecular weight is 455 g/mol. The molecule has 2 fully saturated rings. The first-order chi connectivity index (χ1) is 14.0. The van der Waals surface area contributed by atoms with Crippen molar-refractivity contribution in [2.24, 2.45) is 11.8 Å². The summed E-state index contributed by atoms with van der Waals surface area (Å²) in [5.74, 6) is -3.48. The maximum atomic E-state index is 13.9. The highest BCUT2D eigenvalue weighted by atomic mass is 32.2. The Morgan fingerprint density at radius 2 is 1.93 bits per heavy atom. The van der Waals surface area contributed by atoms with Crippen molar-refractivity contribution in [3.63, 3.8) is 0 Å². The summed E-state index contributed by atoms with van der Waals surface area (Å²) in [4.78, 5) is 12.8. The Balaban J connectivity index is 2.01. The van der Waals surface area contributed by atoms with Gasteiger partial charge in [0.2, 0.25) is 11.8 Å². The van der Waals surface area contributed by atoms with Crippen molar-refractivity contribution < 1.29 is 33.6 Å². The van der Waals surface area contributed by atoms with Gasteiger partial charge in [0.1, 0.15) is 29.9 Å². The van der Waals surface area contributed by atoms with Gasteiger partial charge in [-0.25, -0.2) is 8.78 Å². The minimum atomic E-state index is -2.73. The number of carbonyl (C=O) groups excluding carboxylic acids is 1. The van der Waals surface area contributed by atoms with Crippen LogP contribution in [0.2, 0.25) is 0 Å². The summed E-state index contributed by atoms with van der Waals surface area (Å²) < 4.78 is 33.7. The van der Waals surface area contributed by atoms with Crippen molar-refractivity contribution in [3.05, 3.63) is 0 Å². The second-order valence-electron chi connectivity index (χ2n) is 8.83. The fourth-order valence-corrected chi connectivity index (χ4v) is 4.99. The number of thioether (sulfide) groups is 1. The molecule has 0 bridgehead atoms. The number of halogens is 2. The molecular formula is C20H36F2N2O5S.